The van der Waals surface area contributed by atoms with E-state index in [1.807, 2.05) is 19.1 Å². The number of carbonyl (C=O) groups is 1. The number of halogens is 1. The third kappa shape index (κ3) is 25.2. The van der Waals surface area contributed by atoms with Crippen LogP contribution in [-0.4, -0.2) is 54.8 Å². The van der Waals surface area contributed by atoms with E-state index in [0.717, 1.165) is 38.4 Å². The fourth-order valence-corrected chi connectivity index (χ4v) is 2.48. The number of carbonyl (C=O) groups excluding carboxylic acids is 1. The number of aliphatic hydroxyl groups is 1. The molecule has 0 spiro atoms. The lowest BCUT2D eigenvalue weighted by Crippen LogP contribution is -2.53. The second-order valence-electron chi connectivity index (χ2n) is 9.66. The largest absolute Gasteiger partial charge is 0.494 e. The van der Waals surface area contributed by atoms with E-state index in [1.54, 1.807) is 39.0 Å². The molecule has 1 saturated heterocycles. The normalized spacial score (nSPS) is 12.4. The molecule has 38 heavy (non-hydrogen) atoms. The SMILES string of the molecule is C=C/C(=C/C)OCCC.CC(=O)NCC1CN(C(C)C)C1.CC(C)=C(C)C.CCO.Cc1ccccc1F. The zero-order valence-corrected chi connectivity index (χ0v) is 26.2. The number of likely N-dealkylation sites (tertiary alicyclic amines) is 1. The van der Waals surface area contributed by atoms with Gasteiger partial charge in [0, 0.05) is 45.1 Å². The van der Waals surface area contributed by atoms with Crippen molar-refractivity contribution < 1.29 is 19.0 Å². The van der Waals surface area contributed by atoms with E-state index in [9.17, 15) is 9.18 Å². The van der Waals surface area contributed by atoms with E-state index in [0.29, 0.717) is 17.5 Å². The average molecular weight is 537 g/mol. The predicted octanol–water partition coefficient (Wildman–Crippen LogP) is 7.46. The third-order valence-electron chi connectivity index (χ3n) is 5.39. The summed E-state index contributed by atoms with van der Waals surface area (Å²) in [7, 11) is 0. The first kappa shape index (κ1) is 40.1. The van der Waals surface area contributed by atoms with Crippen LogP contribution in [0.3, 0.4) is 0 Å². The summed E-state index contributed by atoms with van der Waals surface area (Å²) >= 11 is 0. The Balaban J connectivity index is -0.000000426. The highest BCUT2D eigenvalue weighted by Crippen LogP contribution is 2.17. The number of rotatable bonds is 7. The standard InChI is InChI=1S/C9H18N2O.C8H14O.C7H7F.C6H12.C2H6O/c1-7(2)11-5-9(6-11)4-10-8(3)12;1-4-7-9-8(5-2)6-3;1-6-4-2-3-5-7(6)8;1-5(2)6(3)4;1-2-3/h7,9H,4-6H2,1-3H3,(H,10,12);5-6H,2,4,7H2,1,3H3;2-5H,1H3;1-4H3;3H,2H2,1H3/b;8-6-;;;. The molecule has 0 saturated carbocycles. The van der Waals surface area contributed by atoms with Gasteiger partial charge in [0.05, 0.1) is 6.61 Å². The minimum atomic E-state index is -0.132. The number of nitrogens with zero attached hydrogens (tertiary/aromatic N) is 1. The molecule has 1 heterocycles. The molecular weight excluding hydrogens is 479 g/mol. The Labute approximate surface area is 233 Å². The van der Waals surface area contributed by atoms with Crippen molar-refractivity contribution in [1.82, 2.24) is 10.2 Å². The second-order valence-corrected chi connectivity index (χ2v) is 9.66. The second kappa shape index (κ2) is 26.2. The van der Waals surface area contributed by atoms with Crippen molar-refractivity contribution >= 4 is 5.91 Å². The Hall–Kier alpha value is -2.44. The number of ether oxygens (including phenoxy) is 1. The first-order valence-electron chi connectivity index (χ1n) is 13.6. The van der Waals surface area contributed by atoms with Gasteiger partial charge < -0.3 is 20.1 Å². The molecule has 1 aromatic carbocycles. The molecule has 2 rings (SSSR count). The van der Waals surface area contributed by atoms with Crippen LogP contribution < -0.4 is 5.32 Å². The van der Waals surface area contributed by atoms with Crippen LogP contribution in [0, 0.1) is 18.7 Å². The van der Waals surface area contributed by atoms with Crippen molar-refractivity contribution in [3.05, 3.63) is 71.3 Å². The van der Waals surface area contributed by atoms with Gasteiger partial charge in [0.25, 0.3) is 0 Å². The molecule has 0 bridgehead atoms. The molecule has 0 atom stereocenters. The van der Waals surface area contributed by atoms with E-state index in [4.69, 9.17) is 9.84 Å². The average Bonchev–Trinajstić information content (AvgIpc) is 2.82. The number of hydrogen-bond acceptors (Lipinski definition) is 4. The van der Waals surface area contributed by atoms with Crippen molar-refractivity contribution in [2.45, 2.75) is 88.6 Å². The minimum Gasteiger partial charge on any atom is -0.494 e. The number of benzene rings is 1. The Bertz CT molecular complexity index is 759. The summed E-state index contributed by atoms with van der Waals surface area (Å²) in [6.07, 6.45) is 4.67. The maximum Gasteiger partial charge on any atom is 0.216 e. The van der Waals surface area contributed by atoms with Crippen molar-refractivity contribution in [1.29, 1.82) is 0 Å². The molecule has 5 nitrogen and oxygen atoms in total. The smallest absolute Gasteiger partial charge is 0.216 e. The Morgan fingerprint density at radius 1 is 1.16 bits per heavy atom. The summed E-state index contributed by atoms with van der Waals surface area (Å²) in [5.41, 5.74) is 3.55. The summed E-state index contributed by atoms with van der Waals surface area (Å²) in [6, 6.07) is 7.35. The van der Waals surface area contributed by atoms with Gasteiger partial charge in [-0.3, -0.25) is 4.79 Å². The van der Waals surface area contributed by atoms with Crippen molar-refractivity contribution in [3.63, 3.8) is 0 Å². The van der Waals surface area contributed by atoms with Gasteiger partial charge in [-0.15, -0.1) is 0 Å². The van der Waals surface area contributed by atoms with Crippen molar-refractivity contribution in [2.75, 3.05) is 32.8 Å². The van der Waals surface area contributed by atoms with Gasteiger partial charge in [-0.1, -0.05) is 42.8 Å². The highest BCUT2D eigenvalue weighted by Gasteiger charge is 2.27. The summed E-state index contributed by atoms with van der Waals surface area (Å²) in [6.45, 7) is 29.6. The lowest BCUT2D eigenvalue weighted by molar-refractivity contribution is -0.119. The van der Waals surface area contributed by atoms with Gasteiger partial charge in [0.2, 0.25) is 5.91 Å². The predicted molar refractivity (Wildman–Crippen MR) is 163 cm³/mol. The zero-order chi connectivity index (χ0) is 30.1. The number of aliphatic hydroxyl groups excluding tert-OH is 1. The molecular formula is C32H57FN2O3. The van der Waals surface area contributed by atoms with Crippen molar-refractivity contribution in [2.24, 2.45) is 5.92 Å². The van der Waals surface area contributed by atoms with Crippen LogP contribution in [0.5, 0.6) is 0 Å². The minimum absolute atomic E-state index is 0.0815. The summed E-state index contributed by atoms with van der Waals surface area (Å²) < 4.78 is 17.6. The number of hydrogen-bond donors (Lipinski definition) is 2. The molecule has 0 radical (unpaired) electrons. The summed E-state index contributed by atoms with van der Waals surface area (Å²) in [4.78, 5) is 13.0. The third-order valence-corrected chi connectivity index (χ3v) is 5.39. The monoisotopic (exact) mass is 536 g/mol. The topological polar surface area (TPSA) is 61.8 Å². The molecule has 0 aromatic heterocycles. The maximum absolute atomic E-state index is 12.3. The molecule has 1 fully saturated rings. The Morgan fingerprint density at radius 2 is 1.66 bits per heavy atom. The van der Waals surface area contributed by atoms with Crippen LogP contribution in [-0.2, 0) is 9.53 Å². The van der Waals surface area contributed by atoms with Gasteiger partial charge in [0.15, 0.2) is 0 Å². The van der Waals surface area contributed by atoms with Crippen LogP contribution in [0.4, 0.5) is 4.39 Å². The zero-order valence-electron chi connectivity index (χ0n) is 26.2. The molecule has 1 aliphatic rings. The highest BCUT2D eigenvalue weighted by molar-refractivity contribution is 5.72. The molecule has 6 heteroatoms. The molecule has 0 unspecified atom stereocenters. The van der Waals surface area contributed by atoms with Crippen LogP contribution in [0.1, 0.15) is 81.2 Å². The fourth-order valence-electron chi connectivity index (χ4n) is 2.48. The summed E-state index contributed by atoms with van der Waals surface area (Å²) in [5.74, 6) is 1.50. The number of allylic oxidation sites excluding steroid dienone is 4. The van der Waals surface area contributed by atoms with Crippen LogP contribution in [0.25, 0.3) is 0 Å². The number of amides is 1. The number of nitrogens with one attached hydrogen (secondary N) is 1. The Kier molecular flexibility index (Phi) is 27.6. The quantitative estimate of drug-likeness (QED) is 0.216. The molecule has 1 amide bonds. The van der Waals surface area contributed by atoms with Gasteiger partial charge >= 0.3 is 0 Å². The van der Waals surface area contributed by atoms with Gasteiger partial charge in [0.1, 0.15) is 11.6 Å². The molecule has 220 valence electrons. The van der Waals surface area contributed by atoms with E-state index in [2.05, 4.69) is 65.3 Å². The first-order valence-corrected chi connectivity index (χ1v) is 13.6. The van der Waals surface area contributed by atoms with E-state index in [-0.39, 0.29) is 18.3 Å². The lowest BCUT2D eigenvalue weighted by atomic mass is 9.98. The van der Waals surface area contributed by atoms with Gasteiger partial charge in [-0.25, -0.2) is 4.39 Å². The van der Waals surface area contributed by atoms with Crippen molar-refractivity contribution in [3.8, 4) is 0 Å². The van der Waals surface area contributed by atoms with Crippen LogP contribution >= 0.6 is 0 Å². The molecule has 2 N–H and O–H groups in total. The molecule has 1 aliphatic heterocycles. The van der Waals surface area contributed by atoms with Crippen LogP contribution in [0.2, 0.25) is 0 Å². The van der Waals surface area contributed by atoms with Crippen LogP contribution in [0.15, 0.2) is 59.9 Å². The van der Waals surface area contributed by atoms with Gasteiger partial charge in [-0.05, 0) is 92.5 Å². The molecule has 1 aromatic rings. The lowest BCUT2D eigenvalue weighted by Gasteiger charge is -2.42. The van der Waals surface area contributed by atoms with Gasteiger partial charge in [-0.2, -0.15) is 0 Å². The first-order chi connectivity index (χ1) is 17.8. The van der Waals surface area contributed by atoms with E-state index >= 15 is 0 Å². The maximum atomic E-state index is 12.3. The summed E-state index contributed by atoms with van der Waals surface area (Å²) in [5, 5.41) is 10.4. The fraction of sp³-hybridized carbons (Fsp3) is 0.594. The highest BCUT2D eigenvalue weighted by atomic mass is 19.1. The van der Waals surface area contributed by atoms with E-state index < -0.39 is 0 Å². The molecule has 0 aliphatic carbocycles. The van der Waals surface area contributed by atoms with E-state index in [1.165, 1.54) is 17.2 Å². The Morgan fingerprint density at radius 3 is 1.95 bits per heavy atom. The number of aryl methyl sites for hydroxylation is 1.